The number of phenolic OH excluding ortho intramolecular Hbond substituents is 2. The van der Waals surface area contributed by atoms with Crippen LogP contribution in [0.5, 0.6) is 11.5 Å². The van der Waals surface area contributed by atoms with E-state index in [1.54, 1.807) is 42.5 Å². The molecule has 14 nitrogen and oxygen atoms in total. The lowest BCUT2D eigenvalue weighted by Gasteiger charge is -2.12. The maximum absolute atomic E-state index is 14.7. The summed E-state index contributed by atoms with van der Waals surface area (Å²) in [5, 5.41) is 39.2. The third-order valence-corrected chi connectivity index (χ3v) is 8.57. The Morgan fingerprint density at radius 3 is 1.71 bits per heavy atom. The molecule has 2 aromatic heterocycles. The molecule has 4 aromatic carbocycles. The summed E-state index contributed by atoms with van der Waals surface area (Å²) in [6, 6.07) is 27.3. The van der Waals surface area contributed by atoms with Crippen molar-refractivity contribution in [1.29, 1.82) is 0 Å². The summed E-state index contributed by atoms with van der Waals surface area (Å²) in [7, 11) is 0. The van der Waals surface area contributed by atoms with Crippen molar-refractivity contribution in [1.82, 2.24) is 31.6 Å². The van der Waals surface area contributed by atoms with Crippen LogP contribution in [-0.4, -0.2) is 70.3 Å². The lowest BCUT2D eigenvalue weighted by molar-refractivity contribution is -0.120. The molecule has 0 unspecified atom stereocenters. The Kier molecular flexibility index (Phi) is 12.5. The first-order valence-corrected chi connectivity index (χ1v) is 17.7. The average molecular weight is 761 g/mol. The highest BCUT2D eigenvalue weighted by Gasteiger charge is 2.19. The zero-order chi connectivity index (χ0) is 39.4. The Morgan fingerprint density at radius 1 is 0.589 bits per heavy atom. The molecule has 0 bridgehead atoms. The summed E-state index contributed by atoms with van der Waals surface area (Å²) in [4.78, 5) is 50.1. The van der Waals surface area contributed by atoms with Crippen molar-refractivity contribution < 1.29 is 42.8 Å². The quantitative estimate of drug-likeness (QED) is 0.0707. The van der Waals surface area contributed by atoms with Gasteiger partial charge < -0.3 is 40.5 Å². The molecule has 286 valence electrons. The van der Waals surface area contributed by atoms with Gasteiger partial charge in [-0.1, -0.05) is 83.1 Å². The van der Waals surface area contributed by atoms with Crippen molar-refractivity contribution in [2.75, 3.05) is 26.2 Å². The van der Waals surface area contributed by atoms with Gasteiger partial charge in [0.15, 0.2) is 22.9 Å². The van der Waals surface area contributed by atoms with Crippen LogP contribution in [0.3, 0.4) is 0 Å². The molecule has 0 saturated carbocycles. The van der Waals surface area contributed by atoms with Crippen LogP contribution in [0.1, 0.15) is 49.7 Å². The number of rotatable bonds is 16. The molecule has 15 heteroatoms. The zero-order valence-electron chi connectivity index (χ0n) is 29.9. The van der Waals surface area contributed by atoms with E-state index in [0.29, 0.717) is 41.8 Å². The maximum atomic E-state index is 14.7. The minimum absolute atomic E-state index is 0.0401. The van der Waals surface area contributed by atoms with Gasteiger partial charge in [0.1, 0.15) is 17.3 Å². The van der Waals surface area contributed by atoms with Crippen LogP contribution in [0.2, 0.25) is 0 Å². The molecule has 0 spiro atoms. The first kappa shape index (κ1) is 38.4. The summed E-state index contributed by atoms with van der Waals surface area (Å²) in [5.41, 5.74) is 2.25. The molecule has 0 radical (unpaired) electrons. The summed E-state index contributed by atoms with van der Waals surface area (Å²) >= 11 is 0. The molecule has 0 atom stereocenters. The number of para-hydroxylation sites is 1. The number of hydrogen-bond donors (Lipinski definition) is 6. The molecule has 4 amide bonds. The van der Waals surface area contributed by atoms with E-state index in [2.05, 4.69) is 31.6 Å². The van der Waals surface area contributed by atoms with Crippen molar-refractivity contribution in [2.45, 2.75) is 19.3 Å². The van der Waals surface area contributed by atoms with Gasteiger partial charge in [-0.2, -0.15) is 0 Å². The van der Waals surface area contributed by atoms with E-state index in [1.807, 2.05) is 30.3 Å². The Balaban J connectivity index is 0.954. The first-order valence-electron chi connectivity index (χ1n) is 17.7. The van der Waals surface area contributed by atoms with Crippen molar-refractivity contribution in [3.63, 3.8) is 0 Å². The topological polar surface area (TPSA) is 209 Å². The average Bonchev–Trinajstić information content (AvgIpc) is 3.91. The minimum Gasteiger partial charge on any atom is -0.508 e. The van der Waals surface area contributed by atoms with E-state index in [9.17, 15) is 33.8 Å². The highest BCUT2D eigenvalue weighted by atomic mass is 19.1. The molecule has 0 aliphatic heterocycles. The molecule has 0 saturated heterocycles. The van der Waals surface area contributed by atoms with Crippen LogP contribution in [0.15, 0.2) is 112 Å². The van der Waals surface area contributed by atoms with E-state index in [0.717, 1.165) is 17.7 Å². The Hall–Kier alpha value is -7.29. The minimum atomic E-state index is -0.734. The summed E-state index contributed by atoms with van der Waals surface area (Å²) in [6.07, 6.45) is 0.847. The van der Waals surface area contributed by atoms with Gasteiger partial charge in [-0.25, -0.2) is 4.39 Å². The van der Waals surface area contributed by atoms with Crippen LogP contribution in [0.25, 0.3) is 33.8 Å². The van der Waals surface area contributed by atoms with Gasteiger partial charge in [-0.3, -0.25) is 19.2 Å². The fourth-order valence-electron chi connectivity index (χ4n) is 5.63. The van der Waals surface area contributed by atoms with Gasteiger partial charge in [-0.15, -0.1) is 0 Å². The van der Waals surface area contributed by atoms with Gasteiger partial charge in [0.25, 0.3) is 17.7 Å². The number of carbonyl (C=O) groups excluding carboxylic acids is 4. The Labute approximate surface area is 319 Å². The second-order valence-corrected chi connectivity index (χ2v) is 12.6. The zero-order valence-corrected chi connectivity index (χ0v) is 29.9. The van der Waals surface area contributed by atoms with Gasteiger partial charge in [0.05, 0.1) is 12.0 Å². The predicted octanol–water partition coefficient (Wildman–Crippen LogP) is 5.24. The largest absolute Gasteiger partial charge is 0.508 e. The lowest BCUT2D eigenvalue weighted by atomic mass is 9.99. The van der Waals surface area contributed by atoms with Gasteiger partial charge in [0, 0.05) is 60.6 Å². The number of benzene rings is 4. The standard InChI is InChI=1S/C41H37FN6O8/c42-29-21-30(38(51)31(22-29)39(52)44-17-7-19-46-40(53)32-23-35(55-47-32)26-8-2-1-3-9-26)25-12-14-27(15-13-25)36-24-33(48-56-36)41(54)45-18-6-16-43-37(50)20-28-10-4-5-11-34(28)49/h1-5,8-15,21-24,49,51H,6-7,16-20H2,(H,43,50)(H,44,52)(H,45,54)(H,46,53). The molecule has 56 heavy (non-hydrogen) atoms. The number of amides is 4. The lowest BCUT2D eigenvalue weighted by Crippen LogP contribution is -2.30. The van der Waals surface area contributed by atoms with Gasteiger partial charge >= 0.3 is 0 Å². The third kappa shape index (κ3) is 9.82. The predicted molar refractivity (Wildman–Crippen MR) is 202 cm³/mol. The third-order valence-electron chi connectivity index (χ3n) is 8.57. The first-order chi connectivity index (χ1) is 27.2. The highest BCUT2D eigenvalue weighted by Crippen LogP contribution is 2.35. The number of nitrogens with zero attached hydrogens (tertiary/aromatic N) is 2. The molecule has 0 aliphatic carbocycles. The number of nitrogens with one attached hydrogen (secondary N) is 4. The smallest absolute Gasteiger partial charge is 0.273 e. The van der Waals surface area contributed by atoms with Crippen LogP contribution in [0.4, 0.5) is 4.39 Å². The van der Waals surface area contributed by atoms with Crippen LogP contribution < -0.4 is 21.3 Å². The number of aromatic nitrogens is 2. The molecule has 6 N–H and O–H groups in total. The molecule has 6 rings (SSSR count). The fraction of sp³-hybridized carbons (Fsp3) is 0.171. The van der Waals surface area contributed by atoms with E-state index in [1.165, 1.54) is 18.2 Å². The molecule has 2 heterocycles. The van der Waals surface area contributed by atoms with E-state index in [4.69, 9.17) is 9.05 Å². The van der Waals surface area contributed by atoms with Crippen molar-refractivity contribution >= 4 is 23.6 Å². The molecular formula is C41H37FN6O8. The molecule has 0 aliphatic rings. The number of aromatic hydroxyl groups is 2. The Bertz CT molecular complexity index is 2320. The monoisotopic (exact) mass is 760 g/mol. The van der Waals surface area contributed by atoms with Crippen molar-refractivity contribution in [3.05, 3.63) is 131 Å². The fourth-order valence-corrected chi connectivity index (χ4v) is 5.63. The summed E-state index contributed by atoms with van der Waals surface area (Å²) in [6.45, 7) is 0.926. The molecular weight excluding hydrogens is 723 g/mol. The van der Waals surface area contributed by atoms with Crippen LogP contribution in [0, 0.1) is 5.82 Å². The molecule has 6 aromatic rings. The van der Waals surface area contributed by atoms with E-state index >= 15 is 0 Å². The number of halogens is 1. The number of hydrogen-bond acceptors (Lipinski definition) is 10. The van der Waals surface area contributed by atoms with Crippen molar-refractivity contribution in [2.24, 2.45) is 0 Å². The summed E-state index contributed by atoms with van der Waals surface area (Å²) in [5.74, 6) is -2.22. The van der Waals surface area contributed by atoms with E-state index in [-0.39, 0.29) is 66.0 Å². The highest BCUT2D eigenvalue weighted by molar-refractivity contribution is 5.99. The number of carbonyl (C=O) groups is 4. The second kappa shape index (κ2) is 18.2. The Morgan fingerprint density at radius 2 is 1.11 bits per heavy atom. The maximum Gasteiger partial charge on any atom is 0.273 e. The normalized spacial score (nSPS) is 10.8. The summed E-state index contributed by atoms with van der Waals surface area (Å²) < 4.78 is 25.3. The molecule has 0 fully saturated rings. The van der Waals surface area contributed by atoms with Gasteiger partial charge in [-0.05, 0) is 36.6 Å². The van der Waals surface area contributed by atoms with E-state index < -0.39 is 29.3 Å². The van der Waals surface area contributed by atoms with Crippen molar-refractivity contribution in [3.8, 4) is 45.3 Å². The van der Waals surface area contributed by atoms with Crippen LogP contribution in [-0.2, 0) is 11.2 Å². The SMILES string of the molecule is O=C(Cc1ccccc1O)NCCCNC(=O)c1cc(-c2ccc(-c3cc(F)cc(C(=O)NCCCNC(=O)c4cc(-c5ccccc5)on4)c3O)cc2)on1. The number of phenols is 2. The second-order valence-electron chi connectivity index (χ2n) is 12.6. The van der Waals surface area contributed by atoms with Crippen LogP contribution >= 0.6 is 0 Å². The van der Waals surface area contributed by atoms with Gasteiger partial charge in [0.2, 0.25) is 5.91 Å².